The minimum Gasteiger partial charge on any atom is -0.458 e. The fraction of sp³-hybridized carbons (Fsp3) is 0.500. The van der Waals surface area contributed by atoms with Gasteiger partial charge in [0.15, 0.2) is 17.2 Å². The number of aliphatic imine (C=N–C) groups is 3. The van der Waals surface area contributed by atoms with Crippen molar-refractivity contribution in [3.63, 3.8) is 0 Å². The van der Waals surface area contributed by atoms with Gasteiger partial charge < -0.3 is 32.5 Å². The normalized spacial score (nSPS) is 14.8. The SMILES string of the molecule is C#CC1=NC(C(C)(C)C)=CC1.C#CC1=NCC(C(C)(C)C)=C1.C#CC1=NCC=C1C(C)(C)C.C#Cc1cc(C(C)(C)C)n[nH]1.C#Cc1cc(C(C)(C)C)on1.C#Cc1nc(C(C)(C)C)co1.C#Cc1ncc(C(C)(C)C)[nH]1.C#Cc1ncc(C(C)(C)C)o1.C#Cc1nocc1C(C)(C)C.CC(C)(C)C1CC=CC(=O)O1.CC(C)(C)N1CCC=CC1=O. The topological polar surface area (TPSA) is 245 Å². The molecule has 646 valence electrons. The van der Waals surface area contributed by atoms with Crippen molar-refractivity contribution >= 4 is 29.0 Å². The van der Waals surface area contributed by atoms with Crippen molar-refractivity contribution in [1.82, 2.24) is 45.3 Å². The maximum atomic E-state index is 11.3. The number of carbonyl (C=O) groups is 2. The Bertz CT molecular complexity index is 4690. The smallest absolute Gasteiger partial charge is 0.330 e. The standard InChI is InChI=1S/3C10H13N.2C9H12N2.C9H15NO.4C9H11NO.C9H14O2/c1-5-9-6-8(7-11-9)10(2,3)4;1-5-9-8(6-7-11-9)10(2,3)4;1-5-8-6-7-9(11-8)10(2,3)4;1-5-8-10-6-7(11-8)9(2,3)4;1-5-7-6-8(11-10-7)9(2,3)4;1-9(2,3)10-7-5-4-6-8(10)11;1-5-8-10-7(6-11-8)9(2,3)4;1-5-8-10-6-7(11-8)9(2,3)4;1-5-8-7(6-11-10-8)9(2,3)4;1-5-7-6-8(11-10-7)9(2,3)4;1-9(2,3)7-5-4-6-8(10)11-7/h2*1,6H,7H2,2-4H3;1,7H,6H2,2-4H3;2*1,6H,2-4H3,(H,10,11);4,6H,5,7H2,1-3H3;4*1,6H,2-4H3;4,6-7H,5H2,1-3H3. The maximum Gasteiger partial charge on any atom is 0.330 e. The van der Waals surface area contributed by atoms with Gasteiger partial charge in [0.1, 0.15) is 47.3 Å². The number of allylic oxidation sites excluding steroid dienone is 4. The number of aromatic nitrogens is 8. The molecule has 1 atom stereocenters. The third-order valence-electron chi connectivity index (χ3n) is 17.6. The Kier molecular flexibility index (Phi) is 40.6. The minimum absolute atomic E-state index is 0.0118. The summed E-state index contributed by atoms with van der Waals surface area (Å²) in [6, 6.07) is 3.69. The van der Waals surface area contributed by atoms with Gasteiger partial charge >= 0.3 is 5.97 Å². The molecule has 1 unspecified atom stereocenters. The number of terminal acetylenes is 9. The van der Waals surface area contributed by atoms with E-state index in [2.05, 4.69) is 308 Å². The number of imidazole rings is 1. The Morgan fingerprint density at radius 2 is 1.15 bits per heavy atom. The van der Waals surface area contributed by atoms with E-state index >= 15 is 0 Å². The van der Waals surface area contributed by atoms with Gasteiger partial charge in [-0.15, -0.1) is 57.8 Å². The Labute approximate surface area is 727 Å². The molecule has 0 saturated heterocycles. The molecule has 6 aromatic heterocycles. The third kappa shape index (κ3) is 39.1. The number of H-pyrrole nitrogens is 2. The molecule has 19 heteroatoms. The third-order valence-corrected chi connectivity index (χ3v) is 17.6. The minimum atomic E-state index is -0.212. The number of hydrogen-bond acceptors (Lipinski definition) is 16. The van der Waals surface area contributed by atoms with E-state index in [1.807, 2.05) is 70.7 Å². The Balaban J connectivity index is 0.000000665. The van der Waals surface area contributed by atoms with Gasteiger partial charge in [-0.05, 0) is 108 Å². The Morgan fingerprint density at radius 1 is 0.537 bits per heavy atom. The van der Waals surface area contributed by atoms with E-state index in [9.17, 15) is 9.59 Å². The Morgan fingerprint density at radius 3 is 1.45 bits per heavy atom. The average molecular weight is 1640 g/mol. The first kappa shape index (κ1) is 107. The molecule has 0 aromatic carbocycles. The summed E-state index contributed by atoms with van der Waals surface area (Å²) in [5.41, 5.74) is 12.7. The number of cyclic esters (lactones) is 1. The van der Waals surface area contributed by atoms with Gasteiger partial charge in [0.25, 0.3) is 11.8 Å². The summed E-state index contributed by atoms with van der Waals surface area (Å²) in [4.78, 5) is 51.7. The Hall–Kier alpha value is -12.1. The lowest BCUT2D eigenvalue weighted by molar-refractivity contribution is -0.149. The number of rotatable bonds is 0. The summed E-state index contributed by atoms with van der Waals surface area (Å²) >= 11 is 0. The summed E-state index contributed by atoms with van der Waals surface area (Å²) in [6.07, 6.45) is 69.2. The van der Waals surface area contributed by atoms with Gasteiger partial charge in [0, 0.05) is 92.7 Å². The molecule has 0 fully saturated rings. The molecule has 0 spiro atoms. The van der Waals surface area contributed by atoms with Crippen LogP contribution in [0.3, 0.4) is 0 Å². The lowest BCUT2D eigenvalue weighted by Crippen LogP contribution is -2.46. The van der Waals surface area contributed by atoms with Gasteiger partial charge in [-0.2, -0.15) is 5.10 Å². The largest absolute Gasteiger partial charge is 0.458 e. The van der Waals surface area contributed by atoms with E-state index < -0.39 is 0 Å². The molecular weight excluding hydrogens is 1510 g/mol. The zero-order valence-corrected chi connectivity index (χ0v) is 78.9. The molecule has 0 saturated carbocycles. The first-order chi connectivity index (χ1) is 55.4. The predicted molar refractivity (Wildman–Crippen MR) is 497 cm³/mol. The summed E-state index contributed by atoms with van der Waals surface area (Å²) in [5.74, 6) is 25.1. The van der Waals surface area contributed by atoms with Crippen molar-refractivity contribution in [3.05, 3.63) is 165 Å². The van der Waals surface area contributed by atoms with Crippen molar-refractivity contribution in [2.45, 2.75) is 292 Å². The molecule has 0 bridgehead atoms. The first-order valence-electron chi connectivity index (χ1n) is 40.2. The zero-order valence-electron chi connectivity index (χ0n) is 78.9. The lowest BCUT2D eigenvalue weighted by Gasteiger charge is -2.36. The van der Waals surface area contributed by atoms with Crippen molar-refractivity contribution in [1.29, 1.82) is 0 Å². The van der Waals surface area contributed by atoms with Crippen LogP contribution in [0.2, 0.25) is 0 Å². The molecule has 0 aliphatic carbocycles. The number of hydrogen-bond donors (Lipinski definition) is 2. The van der Waals surface area contributed by atoms with E-state index in [-0.39, 0.29) is 77.7 Å². The summed E-state index contributed by atoms with van der Waals surface area (Å²) in [7, 11) is 0. The molecule has 121 heavy (non-hydrogen) atoms. The molecule has 6 aromatic rings. The van der Waals surface area contributed by atoms with Crippen LogP contribution < -0.4 is 0 Å². The van der Waals surface area contributed by atoms with Crippen LogP contribution in [0.15, 0.2) is 129 Å². The number of nitrogens with zero attached hydrogens (tertiary/aromatic N) is 10. The second-order valence-electron chi connectivity index (χ2n) is 39.9. The van der Waals surface area contributed by atoms with Gasteiger partial charge in [0.05, 0.1) is 36.4 Å². The van der Waals surface area contributed by atoms with Crippen molar-refractivity contribution < 1.29 is 32.2 Å². The van der Waals surface area contributed by atoms with Crippen LogP contribution in [0, 0.1) is 133 Å². The van der Waals surface area contributed by atoms with Crippen LogP contribution in [0.25, 0.3) is 0 Å². The second kappa shape index (κ2) is 45.9. The molecule has 2 N–H and O–H groups in total. The predicted octanol–water partition coefficient (Wildman–Crippen LogP) is 21.2. The molecule has 0 radical (unpaired) electrons. The van der Waals surface area contributed by atoms with Crippen LogP contribution in [-0.4, -0.2) is 106 Å². The fourth-order valence-electron chi connectivity index (χ4n) is 9.95. The summed E-state index contributed by atoms with van der Waals surface area (Å²) < 4.78 is 25.2. The number of carbonyl (C=O) groups excluding carboxylic acids is 2. The van der Waals surface area contributed by atoms with Crippen molar-refractivity contribution in [3.8, 4) is 111 Å². The lowest BCUT2D eigenvalue weighted by atomic mass is 9.84. The van der Waals surface area contributed by atoms with E-state index in [4.69, 9.17) is 80.4 Å². The van der Waals surface area contributed by atoms with E-state index in [0.717, 1.165) is 102 Å². The molecule has 11 heterocycles. The molecule has 19 nitrogen and oxygen atoms in total. The van der Waals surface area contributed by atoms with Gasteiger partial charge in [-0.3, -0.25) is 19.9 Å². The van der Waals surface area contributed by atoms with E-state index in [1.165, 1.54) is 17.2 Å². The molecular formula is C102H136N12O7. The number of oxazole rings is 2. The quantitative estimate of drug-likeness (QED) is 0.106. The summed E-state index contributed by atoms with van der Waals surface area (Å²) in [6.45, 7) is 71.5. The second-order valence-corrected chi connectivity index (χ2v) is 39.9. The van der Waals surface area contributed by atoms with E-state index in [1.54, 1.807) is 37.1 Å². The van der Waals surface area contributed by atoms with Gasteiger partial charge in [-0.1, -0.05) is 266 Å². The highest BCUT2D eigenvalue weighted by Crippen LogP contribution is 2.33. The maximum absolute atomic E-state index is 11.3. The highest BCUT2D eigenvalue weighted by molar-refractivity contribution is 6.14. The summed E-state index contributed by atoms with van der Waals surface area (Å²) in [5, 5.41) is 14.2. The molecule has 5 aliphatic rings. The van der Waals surface area contributed by atoms with Crippen LogP contribution in [0.4, 0.5) is 0 Å². The van der Waals surface area contributed by atoms with Crippen LogP contribution >= 0.6 is 0 Å². The number of ether oxygens (including phenoxy) is 1. The van der Waals surface area contributed by atoms with Crippen molar-refractivity contribution in [2.75, 3.05) is 19.6 Å². The number of aromatic amines is 2. The first-order valence-corrected chi connectivity index (χ1v) is 40.2. The van der Waals surface area contributed by atoms with Gasteiger partial charge in [-0.25, -0.2) is 24.7 Å². The monoisotopic (exact) mass is 1640 g/mol. The molecule has 1 amide bonds. The number of nitrogens with one attached hydrogen (secondary N) is 2. The van der Waals surface area contributed by atoms with Crippen LogP contribution in [0.1, 0.15) is 317 Å². The van der Waals surface area contributed by atoms with Crippen molar-refractivity contribution in [2.24, 2.45) is 36.6 Å². The molecule has 11 rings (SSSR count). The molecule has 5 aliphatic heterocycles. The van der Waals surface area contributed by atoms with Crippen LogP contribution in [0.5, 0.6) is 0 Å². The van der Waals surface area contributed by atoms with Crippen LogP contribution in [-0.2, 0) is 46.8 Å². The van der Waals surface area contributed by atoms with Gasteiger partial charge in [0.2, 0.25) is 5.91 Å². The fourth-order valence-corrected chi connectivity index (χ4v) is 9.95. The highest BCUT2D eigenvalue weighted by Gasteiger charge is 2.31. The highest BCUT2D eigenvalue weighted by atomic mass is 16.5. The van der Waals surface area contributed by atoms with E-state index in [0.29, 0.717) is 29.0 Å². The number of amides is 1. The average Bonchev–Trinajstić information content (AvgIpc) is 1.60. The zero-order chi connectivity index (χ0) is 93.3. The number of esters is 1.